The van der Waals surface area contributed by atoms with E-state index >= 15 is 0 Å². The summed E-state index contributed by atoms with van der Waals surface area (Å²) in [7, 11) is 0. The molecular formula is C14H10N2O4-2. The van der Waals surface area contributed by atoms with Crippen molar-refractivity contribution in [3.63, 3.8) is 0 Å². The number of aromatic carboxylic acids is 1. The Labute approximate surface area is 114 Å². The second-order valence-corrected chi connectivity index (χ2v) is 4.69. The van der Waals surface area contributed by atoms with Gasteiger partial charge in [0.1, 0.15) is 0 Å². The third-order valence-electron chi connectivity index (χ3n) is 3.48. The minimum absolute atomic E-state index is 0.0134. The lowest BCUT2D eigenvalue weighted by molar-refractivity contribution is -0.309. The molecule has 2 atom stereocenters. The van der Waals surface area contributed by atoms with Crippen molar-refractivity contribution in [2.45, 2.75) is 12.5 Å². The number of carbonyl (C=O) groups is 2. The average Bonchev–Trinajstić information content (AvgIpc) is 2.43. The molecule has 1 aromatic rings. The van der Waals surface area contributed by atoms with Crippen LogP contribution in [0.4, 0.5) is 11.4 Å². The first-order chi connectivity index (χ1) is 9.58. The first kappa shape index (κ1) is 12.4. The maximum Gasteiger partial charge on any atom is 0.0952 e. The standard InChI is InChI=1S/C14H12N2O4/c17-13(18)7-3-1-5-9-11(7)16-10-6-2-4-8(14(19)20)12(10)15-9/h1-5,8,12,15H,6H2,(H,17,18)(H,19,20)/p-2/t8-,12+/m1/s1. The van der Waals surface area contributed by atoms with Crippen LogP contribution in [-0.4, -0.2) is 23.7 Å². The van der Waals surface area contributed by atoms with Crippen molar-refractivity contribution in [2.75, 3.05) is 5.32 Å². The lowest BCUT2D eigenvalue weighted by Crippen LogP contribution is -2.48. The van der Waals surface area contributed by atoms with Crippen LogP contribution in [0.25, 0.3) is 0 Å². The van der Waals surface area contributed by atoms with Gasteiger partial charge in [-0.2, -0.15) is 0 Å². The molecule has 1 aliphatic heterocycles. The quantitative estimate of drug-likeness (QED) is 0.711. The van der Waals surface area contributed by atoms with Crippen LogP contribution in [0.1, 0.15) is 16.8 Å². The van der Waals surface area contributed by atoms with E-state index in [2.05, 4.69) is 10.3 Å². The number of rotatable bonds is 2. The topological polar surface area (TPSA) is 105 Å². The summed E-state index contributed by atoms with van der Waals surface area (Å²) >= 11 is 0. The van der Waals surface area contributed by atoms with E-state index in [0.717, 1.165) is 0 Å². The number of hydrogen-bond acceptors (Lipinski definition) is 6. The van der Waals surface area contributed by atoms with Gasteiger partial charge >= 0.3 is 0 Å². The van der Waals surface area contributed by atoms with Crippen LogP contribution < -0.4 is 15.5 Å². The monoisotopic (exact) mass is 270 g/mol. The van der Waals surface area contributed by atoms with E-state index in [1.54, 1.807) is 24.3 Å². The number of carboxylic acids is 2. The third-order valence-corrected chi connectivity index (χ3v) is 3.48. The molecule has 0 spiro atoms. The fourth-order valence-electron chi connectivity index (χ4n) is 2.54. The molecule has 20 heavy (non-hydrogen) atoms. The number of nitrogens with zero attached hydrogens (tertiary/aromatic N) is 1. The highest BCUT2D eigenvalue weighted by Gasteiger charge is 2.31. The number of nitrogens with one attached hydrogen (secondary N) is 1. The van der Waals surface area contributed by atoms with Crippen molar-refractivity contribution >= 4 is 29.0 Å². The summed E-state index contributed by atoms with van der Waals surface area (Å²) in [6.45, 7) is 0. The normalized spacial score (nSPS) is 23.1. The lowest BCUT2D eigenvalue weighted by atomic mass is 9.86. The van der Waals surface area contributed by atoms with Crippen molar-refractivity contribution in [1.29, 1.82) is 0 Å². The van der Waals surface area contributed by atoms with Crippen LogP contribution >= 0.6 is 0 Å². The zero-order chi connectivity index (χ0) is 14.3. The number of fused-ring (bicyclic) bond motifs is 2. The molecule has 6 heteroatoms. The summed E-state index contributed by atoms with van der Waals surface area (Å²) in [6.07, 6.45) is 3.74. The van der Waals surface area contributed by atoms with E-state index in [1.165, 1.54) is 6.07 Å². The molecule has 1 heterocycles. The van der Waals surface area contributed by atoms with Crippen molar-refractivity contribution in [2.24, 2.45) is 10.9 Å². The van der Waals surface area contributed by atoms with Crippen LogP contribution in [0.2, 0.25) is 0 Å². The predicted octanol–water partition coefficient (Wildman–Crippen LogP) is -0.757. The lowest BCUT2D eigenvalue weighted by Gasteiger charge is -2.35. The van der Waals surface area contributed by atoms with Gasteiger partial charge in [-0.25, -0.2) is 0 Å². The molecule has 0 amide bonds. The SMILES string of the molecule is O=C([O-])c1cccc2c1N=C1CC=C[C@@H](C(=O)[O-])[C@@H]1N2. The maximum absolute atomic E-state index is 11.1. The predicted molar refractivity (Wildman–Crippen MR) is 67.5 cm³/mol. The van der Waals surface area contributed by atoms with Gasteiger partial charge in [0.2, 0.25) is 0 Å². The molecule has 0 radical (unpaired) electrons. The summed E-state index contributed by atoms with van der Waals surface area (Å²) in [5.74, 6) is -3.32. The molecule has 1 aliphatic carbocycles. The van der Waals surface area contributed by atoms with Crippen LogP contribution in [0, 0.1) is 5.92 Å². The van der Waals surface area contributed by atoms with Crippen molar-refractivity contribution in [3.05, 3.63) is 35.9 Å². The minimum Gasteiger partial charge on any atom is -0.549 e. The number of carboxylic acid groups (broad SMARTS) is 2. The number of para-hydroxylation sites is 1. The van der Waals surface area contributed by atoms with E-state index in [1.807, 2.05) is 0 Å². The fourth-order valence-corrected chi connectivity index (χ4v) is 2.54. The molecular weight excluding hydrogens is 260 g/mol. The van der Waals surface area contributed by atoms with Crippen molar-refractivity contribution in [1.82, 2.24) is 0 Å². The molecule has 0 unspecified atom stereocenters. The highest BCUT2D eigenvalue weighted by atomic mass is 16.4. The molecule has 102 valence electrons. The summed E-state index contributed by atoms with van der Waals surface area (Å²) < 4.78 is 0. The van der Waals surface area contributed by atoms with E-state index in [9.17, 15) is 19.8 Å². The Morgan fingerprint density at radius 1 is 1.30 bits per heavy atom. The highest BCUT2D eigenvalue weighted by Crippen LogP contribution is 2.36. The van der Waals surface area contributed by atoms with Crippen LogP contribution in [-0.2, 0) is 4.79 Å². The van der Waals surface area contributed by atoms with Crippen LogP contribution in [0.5, 0.6) is 0 Å². The summed E-state index contributed by atoms with van der Waals surface area (Å²) in [5, 5.41) is 25.2. The van der Waals surface area contributed by atoms with Crippen LogP contribution in [0.15, 0.2) is 35.3 Å². The van der Waals surface area contributed by atoms with Gasteiger partial charge in [0.15, 0.2) is 0 Å². The first-order valence-electron chi connectivity index (χ1n) is 6.14. The molecule has 1 N–H and O–H groups in total. The number of allylic oxidation sites excluding steroid dienone is 1. The number of aliphatic carboxylic acids is 1. The van der Waals surface area contributed by atoms with Gasteiger partial charge in [0.25, 0.3) is 0 Å². The van der Waals surface area contributed by atoms with Gasteiger partial charge in [0.05, 0.1) is 29.4 Å². The van der Waals surface area contributed by atoms with Gasteiger partial charge in [-0.05, 0) is 6.07 Å². The summed E-state index contributed by atoms with van der Waals surface area (Å²) in [5.41, 5.74) is 1.34. The first-order valence-corrected chi connectivity index (χ1v) is 6.14. The molecule has 6 nitrogen and oxygen atoms in total. The Balaban J connectivity index is 2.09. The second-order valence-electron chi connectivity index (χ2n) is 4.69. The number of carbonyl (C=O) groups excluding carboxylic acids is 2. The molecule has 3 rings (SSSR count). The second kappa shape index (κ2) is 4.48. The molecule has 0 fully saturated rings. The van der Waals surface area contributed by atoms with Gasteiger partial charge in [-0.3, -0.25) is 4.99 Å². The van der Waals surface area contributed by atoms with E-state index in [-0.39, 0.29) is 11.3 Å². The summed E-state index contributed by atoms with van der Waals surface area (Å²) in [6, 6.07) is 4.13. The van der Waals surface area contributed by atoms with E-state index < -0.39 is 23.9 Å². The highest BCUT2D eigenvalue weighted by molar-refractivity contribution is 6.06. The molecule has 1 aromatic carbocycles. The van der Waals surface area contributed by atoms with Gasteiger partial charge in [-0.15, -0.1) is 0 Å². The average molecular weight is 270 g/mol. The molecule has 0 saturated heterocycles. The number of benzene rings is 1. The number of hydrogen-bond donors (Lipinski definition) is 1. The van der Waals surface area contributed by atoms with Crippen LogP contribution in [0.3, 0.4) is 0 Å². The number of aliphatic imine (C=N–C) groups is 1. The molecule has 0 aromatic heterocycles. The Hall–Kier alpha value is -2.63. The zero-order valence-corrected chi connectivity index (χ0v) is 10.3. The van der Waals surface area contributed by atoms with E-state index in [0.29, 0.717) is 17.8 Å². The Morgan fingerprint density at radius 2 is 2.10 bits per heavy atom. The summed E-state index contributed by atoms with van der Waals surface area (Å²) in [4.78, 5) is 26.5. The largest absolute Gasteiger partial charge is 0.549 e. The Kier molecular flexibility index (Phi) is 2.78. The van der Waals surface area contributed by atoms with E-state index in [4.69, 9.17) is 0 Å². The Morgan fingerprint density at radius 3 is 2.80 bits per heavy atom. The maximum atomic E-state index is 11.1. The zero-order valence-electron chi connectivity index (χ0n) is 10.3. The molecule has 0 bridgehead atoms. The van der Waals surface area contributed by atoms with Gasteiger partial charge in [-0.1, -0.05) is 24.3 Å². The van der Waals surface area contributed by atoms with Crippen molar-refractivity contribution in [3.8, 4) is 0 Å². The third kappa shape index (κ3) is 1.85. The molecule has 2 aliphatic rings. The molecule has 0 saturated carbocycles. The fraction of sp³-hybridized carbons (Fsp3) is 0.214. The Bertz CT molecular complexity index is 663. The van der Waals surface area contributed by atoms with Crippen molar-refractivity contribution < 1.29 is 19.8 Å². The minimum atomic E-state index is -1.31. The number of anilines is 1. The van der Waals surface area contributed by atoms with Gasteiger partial charge < -0.3 is 25.1 Å². The smallest absolute Gasteiger partial charge is 0.0952 e. The van der Waals surface area contributed by atoms with Gasteiger partial charge in [0, 0.05) is 23.6 Å².